The predicted molar refractivity (Wildman–Crippen MR) is 85.8 cm³/mol. The summed E-state index contributed by atoms with van der Waals surface area (Å²) in [4.78, 5) is 14.4. The fraction of sp³-hybridized carbons (Fsp3) is 0.562. The molecular weight excluding hydrogens is 286 g/mol. The molecule has 2 aliphatic heterocycles. The Morgan fingerprint density at radius 2 is 2.33 bits per heavy atom. The topological polar surface area (TPSA) is 44.4 Å². The SMILES string of the molecule is Cc1ccc(NC(=O)CN2CCC3NCCC3C2)c(Cl)c1. The second kappa shape index (κ2) is 6.34. The van der Waals surface area contributed by atoms with E-state index in [1.165, 1.54) is 6.42 Å². The van der Waals surface area contributed by atoms with Crippen LogP contribution in [0.3, 0.4) is 0 Å². The van der Waals surface area contributed by atoms with E-state index in [1.807, 2.05) is 25.1 Å². The Labute approximate surface area is 130 Å². The summed E-state index contributed by atoms with van der Waals surface area (Å²) in [7, 11) is 0. The van der Waals surface area contributed by atoms with E-state index in [0.717, 1.165) is 31.6 Å². The number of rotatable bonds is 3. The first-order chi connectivity index (χ1) is 10.1. The molecule has 1 aromatic carbocycles. The summed E-state index contributed by atoms with van der Waals surface area (Å²) in [6, 6.07) is 6.35. The number of nitrogens with zero attached hydrogens (tertiary/aromatic N) is 1. The lowest BCUT2D eigenvalue weighted by Crippen LogP contribution is -2.46. The second-order valence-electron chi connectivity index (χ2n) is 6.16. The van der Waals surface area contributed by atoms with Crippen LogP contribution < -0.4 is 10.6 Å². The molecule has 4 nitrogen and oxygen atoms in total. The van der Waals surface area contributed by atoms with Crippen molar-refractivity contribution in [2.24, 2.45) is 5.92 Å². The standard InChI is InChI=1S/C16H22ClN3O/c1-11-2-3-15(13(17)8-11)19-16(21)10-20-7-5-14-12(9-20)4-6-18-14/h2-3,8,12,14,18H,4-7,9-10H2,1H3,(H,19,21). The van der Waals surface area contributed by atoms with Crippen LogP contribution in [0.15, 0.2) is 18.2 Å². The normalized spacial score (nSPS) is 25.6. The maximum atomic E-state index is 12.2. The summed E-state index contributed by atoms with van der Waals surface area (Å²) >= 11 is 6.15. The maximum Gasteiger partial charge on any atom is 0.238 e. The van der Waals surface area contributed by atoms with E-state index in [9.17, 15) is 4.79 Å². The van der Waals surface area contributed by atoms with Gasteiger partial charge in [0.2, 0.25) is 5.91 Å². The Balaban J connectivity index is 1.54. The number of fused-ring (bicyclic) bond motifs is 1. The number of likely N-dealkylation sites (tertiary alicyclic amines) is 1. The van der Waals surface area contributed by atoms with Crippen molar-refractivity contribution in [3.05, 3.63) is 28.8 Å². The van der Waals surface area contributed by atoms with E-state index in [2.05, 4.69) is 15.5 Å². The minimum Gasteiger partial charge on any atom is -0.324 e. The number of carbonyl (C=O) groups is 1. The minimum atomic E-state index is 0.0187. The first-order valence-electron chi connectivity index (χ1n) is 7.63. The monoisotopic (exact) mass is 307 g/mol. The van der Waals surface area contributed by atoms with Crippen molar-refractivity contribution in [1.82, 2.24) is 10.2 Å². The van der Waals surface area contributed by atoms with Crippen molar-refractivity contribution < 1.29 is 4.79 Å². The van der Waals surface area contributed by atoms with Gasteiger partial charge in [0.1, 0.15) is 0 Å². The smallest absolute Gasteiger partial charge is 0.238 e. The average molecular weight is 308 g/mol. The summed E-state index contributed by atoms with van der Waals surface area (Å²) < 4.78 is 0. The third kappa shape index (κ3) is 3.57. The minimum absolute atomic E-state index is 0.0187. The van der Waals surface area contributed by atoms with Crippen LogP contribution in [0.4, 0.5) is 5.69 Å². The largest absolute Gasteiger partial charge is 0.324 e. The van der Waals surface area contributed by atoms with Crippen LogP contribution in [0, 0.1) is 12.8 Å². The van der Waals surface area contributed by atoms with Gasteiger partial charge in [-0.3, -0.25) is 9.69 Å². The number of amides is 1. The second-order valence-corrected chi connectivity index (χ2v) is 6.57. The van der Waals surface area contributed by atoms with Crippen molar-refractivity contribution in [1.29, 1.82) is 0 Å². The highest BCUT2D eigenvalue weighted by Gasteiger charge is 2.32. The summed E-state index contributed by atoms with van der Waals surface area (Å²) in [6.07, 6.45) is 2.37. The highest BCUT2D eigenvalue weighted by molar-refractivity contribution is 6.33. The van der Waals surface area contributed by atoms with Gasteiger partial charge in [0.05, 0.1) is 17.3 Å². The van der Waals surface area contributed by atoms with Crippen molar-refractivity contribution in [3.8, 4) is 0 Å². The lowest BCUT2D eigenvalue weighted by Gasteiger charge is -2.34. The molecule has 0 spiro atoms. The van der Waals surface area contributed by atoms with Crippen LogP contribution in [0.1, 0.15) is 18.4 Å². The van der Waals surface area contributed by atoms with Crippen LogP contribution in [-0.2, 0) is 4.79 Å². The van der Waals surface area contributed by atoms with Crippen LogP contribution in [0.2, 0.25) is 5.02 Å². The van der Waals surface area contributed by atoms with Crippen molar-refractivity contribution in [2.45, 2.75) is 25.8 Å². The number of halogens is 1. The van der Waals surface area contributed by atoms with Gasteiger partial charge >= 0.3 is 0 Å². The number of benzene rings is 1. The predicted octanol–water partition coefficient (Wildman–Crippen LogP) is 2.27. The first kappa shape index (κ1) is 14.8. The molecule has 0 saturated carbocycles. The molecule has 2 fully saturated rings. The van der Waals surface area contributed by atoms with Crippen LogP contribution >= 0.6 is 11.6 Å². The first-order valence-corrected chi connectivity index (χ1v) is 8.01. The summed E-state index contributed by atoms with van der Waals surface area (Å²) in [5, 5.41) is 7.06. The van der Waals surface area contributed by atoms with E-state index < -0.39 is 0 Å². The molecule has 0 bridgehead atoms. The lowest BCUT2D eigenvalue weighted by molar-refractivity contribution is -0.117. The Bertz CT molecular complexity index is 534. The molecule has 3 rings (SSSR count). The van der Waals surface area contributed by atoms with Crippen LogP contribution in [0.5, 0.6) is 0 Å². The van der Waals surface area contributed by atoms with E-state index in [1.54, 1.807) is 0 Å². The van der Waals surface area contributed by atoms with Gasteiger partial charge in [0, 0.05) is 19.1 Å². The molecule has 5 heteroatoms. The van der Waals surface area contributed by atoms with Crippen LogP contribution in [-0.4, -0.2) is 43.0 Å². The third-order valence-electron chi connectivity index (χ3n) is 4.51. The van der Waals surface area contributed by atoms with Gasteiger partial charge in [-0.1, -0.05) is 17.7 Å². The molecule has 1 aromatic rings. The van der Waals surface area contributed by atoms with E-state index in [4.69, 9.17) is 11.6 Å². The van der Waals surface area contributed by atoms with Gasteiger partial charge in [0.25, 0.3) is 0 Å². The lowest BCUT2D eigenvalue weighted by atomic mass is 9.93. The quantitative estimate of drug-likeness (QED) is 0.900. The highest BCUT2D eigenvalue weighted by Crippen LogP contribution is 2.25. The Morgan fingerprint density at radius 3 is 3.14 bits per heavy atom. The van der Waals surface area contributed by atoms with Crippen LogP contribution in [0.25, 0.3) is 0 Å². The summed E-state index contributed by atoms with van der Waals surface area (Å²) in [6.45, 7) is 5.56. The van der Waals surface area contributed by atoms with Crippen molar-refractivity contribution in [2.75, 3.05) is 31.5 Å². The molecular formula is C16H22ClN3O. The maximum absolute atomic E-state index is 12.2. The molecule has 2 heterocycles. The van der Waals surface area contributed by atoms with E-state index in [0.29, 0.717) is 29.2 Å². The number of nitrogens with one attached hydrogen (secondary N) is 2. The Morgan fingerprint density at radius 1 is 1.48 bits per heavy atom. The molecule has 2 atom stereocenters. The molecule has 0 aromatic heterocycles. The third-order valence-corrected chi connectivity index (χ3v) is 4.82. The highest BCUT2D eigenvalue weighted by atomic mass is 35.5. The summed E-state index contributed by atoms with van der Waals surface area (Å²) in [5.41, 5.74) is 1.79. The van der Waals surface area contributed by atoms with Crippen molar-refractivity contribution in [3.63, 3.8) is 0 Å². The fourth-order valence-corrected chi connectivity index (χ4v) is 3.66. The van der Waals surface area contributed by atoms with Gasteiger partial charge in [-0.05, 0) is 49.9 Å². The molecule has 2 N–H and O–H groups in total. The van der Waals surface area contributed by atoms with Gasteiger partial charge in [-0.2, -0.15) is 0 Å². The molecule has 2 saturated heterocycles. The number of piperidine rings is 1. The van der Waals surface area contributed by atoms with Gasteiger partial charge < -0.3 is 10.6 Å². The Kier molecular flexibility index (Phi) is 4.48. The Hall–Kier alpha value is -1.10. The molecule has 21 heavy (non-hydrogen) atoms. The number of hydrogen-bond acceptors (Lipinski definition) is 3. The zero-order valence-electron chi connectivity index (χ0n) is 12.4. The number of anilines is 1. The molecule has 0 aliphatic carbocycles. The number of carbonyl (C=O) groups excluding carboxylic acids is 1. The van der Waals surface area contributed by atoms with Gasteiger partial charge in [-0.15, -0.1) is 0 Å². The molecule has 2 aliphatic rings. The van der Waals surface area contributed by atoms with Crippen molar-refractivity contribution >= 4 is 23.2 Å². The number of hydrogen-bond donors (Lipinski definition) is 2. The summed E-state index contributed by atoms with van der Waals surface area (Å²) in [5.74, 6) is 0.722. The number of aryl methyl sites for hydroxylation is 1. The molecule has 114 valence electrons. The molecule has 1 amide bonds. The molecule has 0 radical (unpaired) electrons. The van der Waals surface area contributed by atoms with Gasteiger partial charge in [-0.25, -0.2) is 0 Å². The van der Waals surface area contributed by atoms with Gasteiger partial charge in [0.15, 0.2) is 0 Å². The van der Waals surface area contributed by atoms with E-state index in [-0.39, 0.29) is 5.91 Å². The fourth-order valence-electron chi connectivity index (χ4n) is 3.38. The average Bonchev–Trinajstić information content (AvgIpc) is 2.89. The zero-order valence-corrected chi connectivity index (χ0v) is 13.1. The zero-order chi connectivity index (χ0) is 14.8. The molecule has 2 unspecified atom stereocenters. The van der Waals surface area contributed by atoms with E-state index >= 15 is 0 Å².